The summed E-state index contributed by atoms with van der Waals surface area (Å²) in [6.45, 7) is 10.3. The first kappa shape index (κ1) is 16.6. The van der Waals surface area contributed by atoms with Gasteiger partial charge in [0.2, 0.25) is 0 Å². The summed E-state index contributed by atoms with van der Waals surface area (Å²) in [6.07, 6.45) is 0. The molecular formula is C16H20NiP2. The van der Waals surface area contributed by atoms with Gasteiger partial charge >= 0.3 is 112 Å². The molecule has 0 radical (unpaired) electrons. The molecule has 0 heterocycles. The Hall–Kier alpha value is -0.466. The van der Waals surface area contributed by atoms with Crippen molar-refractivity contribution in [3.8, 4) is 0 Å². The zero-order valence-corrected chi connectivity index (χ0v) is 14.3. The quantitative estimate of drug-likeness (QED) is 0.444. The minimum atomic E-state index is 0.873. The Labute approximate surface area is 125 Å². The van der Waals surface area contributed by atoms with Crippen molar-refractivity contribution in [1.82, 2.24) is 0 Å². The van der Waals surface area contributed by atoms with Gasteiger partial charge in [0.1, 0.15) is 0 Å². The van der Waals surface area contributed by atoms with Crippen LogP contribution in [0.1, 0.15) is 11.1 Å². The molecule has 0 fully saturated rings. The second-order valence-corrected chi connectivity index (χ2v) is 9.78. The minimum absolute atomic E-state index is 0.873. The molecule has 0 aliphatic heterocycles. The molecule has 0 aromatic heterocycles. The van der Waals surface area contributed by atoms with Gasteiger partial charge in [-0.3, -0.25) is 0 Å². The van der Waals surface area contributed by atoms with Crippen LogP contribution in [0.5, 0.6) is 0 Å². The van der Waals surface area contributed by atoms with Gasteiger partial charge in [-0.25, -0.2) is 0 Å². The first-order valence-corrected chi connectivity index (χ1v) is 10.6. The maximum absolute atomic E-state index is 3.00. The van der Waals surface area contributed by atoms with E-state index in [4.69, 9.17) is 0 Å². The van der Waals surface area contributed by atoms with E-state index in [2.05, 4.69) is 75.5 Å². The van der Waals surface area contributed by atoms with Crippen LogP contribution >= 0.6 is 14.7 Å². The fourth-order valence-electron chi connectivity index (χ4n) is 1.32. The molecule has 0 saturated carbocycles. The Morgan fingerprint density at radius 1 is 0.684 bits per heavy atom. The third-order valence-corrected chi connectivity index (χ3v) is 7.96. The molecule has 0 bridgehead atoms. The molecule has 2 aromatic carbocycles. The summed E-state index contributed by atoms with van der Waals surface area (Å²) in [5.74, 6) is 0. The standard InChI is InChI=1S/2C7H8P.C2H4.Ni/c2*1-6-2-4-7(8)5-3-6;1-2;/h2*2-5,8H,1H3;1-2H2;/q2*-1;;+2. The Morgan fingerprint density at radius 3 is 1.32 bits per heavy atom. The van der Waals surface area contributed by atoms with Gasteiger partial charge in [-0.1, -0.05) is 0 Å². The summed E-state index contributed by atoms with van der Waals surface area (Å²) in [6, 6.07) is 17.7. The van der Waals surface area contributed by atoms with Crippen molar-refractivity contribution in [3.63, 3.8) is 0 Å². The van der Waals surface area contributed by atoms with Gasteiger partial charge in [-0.05, 0) is 0 Å². The van der Waals surface area contributed by atoms with Crippen molar-refractivity contribution < 1.29 is 13.6 Å². The van der Waals surface area contributed by atoms with Crippen molar-refractivity contribution in [2.75, 3.05) is 0 Å². The second-order valence-electron chi connectivity index (χ2n) is 3.97. The number of benzene rings is 2. The first-order valence-electron chi connectivity index (χ1n) is 5.96. The fraction of sp³-hybridized carbons (Fsp3) is 0.125. The molecule has 0 amide bonds. The van der Waals surface area contributed by atoms with Gasteiger partial charge < -0.3 is 0 Å². The van der Waals surface area contributed by atoms with Crippen molar-refractivity contribution in [2.45, 2.75) is 13.8 Å². The summed E-state index contributed by atoms with van der Waals surface area (Å²) in [4.78, 5) is 0. The number of hydrogen-bond acceptors (Lipinski definition) is 0. The molecule has 19 heavy (non-hydrogen) atoms. The molecule has 0 nitrogen and oxygen atoms in total. The van der Waals surface area contributed by atoms with Crippen molar-refractivity contribution in [3.05, 3.63) is 72.8 Å². The van der Waals surface area contributed by atoms with Crippen LogP contribution in [-0.2, 0) is 13.6 Å². The van der Waals surface area contributed by atoms with Crippen LogP contribution < -0.4 is 10.6 Å². The van der Waals surface area contributed by atoms with Gasteiger partial charge in [0.15, 0.2) is 0 Å². The first-order chi connectivity index (χ1) is 9.24. The molecule has 2 aromatic rings. The molecule has 0 aliphatic carbocycles. The Bertz CT molecular complexity index is 432. The molecule has 3 heteroatoms. The molecule has 0 aliphatic rings. The second kappa shape index (κ2) is 9.44. The van der Waals surface area contributed by atoms with Crippen molar-refractivity contribution >= 4 is 25.3 Å². The molecule has 0 N–H and O–H groups in total. The average Bonchev–Trinajstić information content (AvgIpc) is 2.45. The predicted molar refractivity (Wildman–Crippen MR) is 89.5 cm³/mol. The van der Waals surface area contributed by atoms with E-state index in [1.165, 1.54) is 21.7 Å². The number of rotatable bonds is 4. The van der Waals surface area contributed by atoms with Crippen LogP contribution in [0.25, 0.3) is 0 Å². The van der Waals surface area contributed by atoms with E-state index in [-0.39, 0.29) is 0 Å². The van der Waals surface area contributed by atoms with E-state index in [0.717, 1.165) is 14.7 Å². The molecule has 2 atom stereocenters. The third-order valence-electron chi connectivity index (χ3n) is 2.36. The van der Waals surface area contributed by atoms with Crippen LogP contribution in [0.15, 0.2) is 61.7 Å². The van der Waals surface area contributed by atoms with E-state index in [1.54, 1.807) is 0 Å². The Morgan fingerprint density at radius 2 is 1.00 bits per heavy atom. The molecule has 2 rings (SSSR count). The van der Waals surface area contributed by atoms with E-state index >= 15 is 0 Å². The van der Waals surface area contributed by atoms with E-state index < -0.39 is 0 Å². The molecule has 0 spiro atoms. The van der Waals surface area contributed by atoms with Crippen LogP contribution in [0.4, 0.5) is 0 Å². The molecule has 2 unspecified atom stereocenters. The van der Waals surface area contributed by atoms with Crippen LogP contribution in [0.2, 0.25) is 0 Å². The maximum atomic E-state index is 3.00. The third kappa shape index (κ3) is 6.49. The number of aryl methyl sites for hydroxylation is 2. The normalized spacial score (nSPS) is 11.1. The molecule has 104 valence electrons. The van der Waals surface area contributed by atoms with Gasteiger partial charge in [-0.15, -0.1) is 13.2 Å². The van der Waals surface area contributed by atoms with Crippen LogP contribution in [0, 0.1) is 13.8 Å². The Kier molecular flexibility index (Phi) is 8.24. The molecule has 0 saturated heterocycles. The van der Waals surface area contributed by atoms with E-state index in [9.17, 15) is 0 Å². The van der Waals surface area contributed by atoms with Gasteiger partial charge in [-0.2, -0.15) is 0 Å². The average molecular weight is 333 g/mol. The van der Waals surface area contributed by atoms with Gasteiger partial charge in [0, 0.05) is 0 Å². The summed E-state index contributed by atoms with van der Waals surface area (Å²) < 4.78 is 0. The molecular weight excluding hydrogens is 313 g/mol. The SMILES string of the molecule is C=C.Cc1ccc([PH][Ni][PH]c2ccc(C)cc2)cc1. The topological polar surface area (TPSA) is 0 Å². The van der Waals surface area contributed by atoms with Crippen LogP contribution in [-0.4, -0.2) is 0 Å². The monoisotopic (exact) mass is 332 g/mol. The van der Waals surface area contributed by atoms with Gasteiger partial charge in [0.25, 0.3) is 0 Å². The summed E-state index contributed by atoms with van der Waals surface area (Å²) in [5, 5.41) is 2.91. The van der Waals surface area contributed by atoms with Crippen molar-refractivity contribution in [1.29, 1.82) is 0 Å². The zero-order valence-electron chi connectivity index (χ0n) is 11.3. The summed E-state index contributed by atoms with van der Waals surface area (Å²) >= 11 is 1.84. The van der Waals surface area contributed by atoms with E-state index in [0.29, 0.717) is 0 Å². The predicted octanol–water partition coefficient (Wildman–Crippen LogP) is 4.33. The summed E-state index contributed by atoms with van der Waals surface area (Å²) in [5.41, 5.74) is 2.68. The van der Waals surface area contributed by atoms with Crippen LogP contribution in [0.3, 0.4) is 0 Å². The van der Waals surface area contributed by atoms with Gasteiger partial charge in [0.05, 0.1) is 0 Å². The fourth-order valence-corrected chi connectivity index (χ4v) is 6.87. The Balaban J connectivity index is 0.000000861. The summed E-state index contributed by atoms with van der Waals surface area (Å²) in [7, 11) is 1.75. The van der Waals surface area contributed by atoms with Crippen molar-refractivity contribution in [2.24, 2.45) is 0 Å². The number of hydrogen-bond donors (Lipinski definition) is 0. The van der Waals surface area contributed by atoms with E-state index in [1.807, 2.05) is 13.6 Å². The zero-order chi connectivity index (χ0) is 14.1.